The molecule has 0 aromatic heterocycles. The minimum absolute atomic E-state index is 0.0163. The van der Waals surface area contributed by atoms with Crippen LogP contribution in [0.25, 0.3) is 0 Å². The molecule has 9 heteroatoms. The van der Waals surface area contributed by atoms with Gasteiger partial charge in [-0.2, -0.15) is 0 Å². The lowest BCUT2D eigenvalue weighted by atomic mass is 10.2. The van der Waals surface area contributed by atoms with Crippen molar-refractivity contribution in [3.8, 4) is 5.75 Å². The number of nitrogens with zero attached hydrogens (tertiary/aromatic N) is 1. The Bertz CT molecular complexity index is 591. The highest BCUT2D eigenvalue weighted by Crippen LogP contribution is 2.27. The van der Waals surface area contributed by atoms with E-state index in [4.69, 9.17) is 38.4 Å². The van der Waals surface area contributed by atoms with Crippen LogP contribution in [-0.2, 0) is 4.74 Å². The van der Waals surface area contributed by atoms with Crippen LogP contribution in [0.2, 0.25) is 10.0 Å². The lowest BCUT2D eigenvalue weighted by Crippen LogP contribution is -2.48. The van der Waals surface area contributed by atoms with E-state index in [2.05, 4.69) is 5.32 Å². The monoisotopic (exact) mass is 377 g/mol. The lowest BCUT2D eigenvalue weighted by molar-refractivity contribution is 0.0321. The van der Waals surface area contributed by atoms with Crippen LogP contribution in [0.4, 0.5) is 9.59 Å². The summed E-state index contributed by atoms with van der Waals surface area (Å²) in [4.78, 5) is 25.0. The zero-order valence-corrected chi connectivity index (χ0v) is 15.3. The Morgan fingerprint density at radius 3 is 2.50 bits per heavy atom. The van der Waals surface area contributed by atoms with Gasteiger partial charge in [0, 0.05) is 18.1 Å². The number of rotatable bonds is 5. The van der Waals surface area contributed by atoms with Gasteiger partial charge in [0.05, 0.1) is 5.02 Å². The molecule has 134 valence electrons. The van der Waals surface area contributed by atoms with Gasteiger partial charge in [0.25, 0.3) is 0 Å². The lowest BCUT2D eigenvalue weighted by Gasteiger charge is -2.26. The van der Waals surface area contributed by atoms with Gasteiger partial charge in [0.15, 0.2) is 6.73 Å². The minimum atomic E-state index is -0.782. The van der Waals surface area contributed by atoms with Crippen molar-refractivity contribution >= 4 is 35.3 Å². The third-order valence-electron chi connectivity index (χ3n) is 2.56. The molecule has 0 radical (unpaired) electrons. The van der Waals surface area contributed by atoms with Crippen molar-refractivity contribution in [2.24, 2.45) is 5.73 Å². The molecule has 0 aliphatic carbocycles. The Morgan fingerprint density at radius 1 is 1.29 bits per heavy atom. The molecular formula is C15H21Cl2N3O4. The molecule has 0 aliphatic rings. The van der Waals surface area contributed by atoms with E-state index in [1.54, 1.807) is 32.9 Å². The fourth-order valence-electron chi connectivity index (χ4n) is 1.59. The van der Waals surface area contributed by atoms with E-state index in [0.717, 1.165) is 4.90 Å². The summed E-state index contributed by atoms with van der Waals surface area (Å²) in [6, 6.07) is 4.01. The molecule has 1 aromatic rings. The maximum Gasteiger partial charge on any atom is 0.418 e. The number of urea groups is 1. The average molecular weight is 378 g/mol. The van der Waals surface area contributed by atoms with Crippen LogP contribution >= 0.6 is 23.2 Å². The van der Waals surface area contributed by atoms with Crippen LogP contribution < -0.4 is 15.8 Å². The van der Waals surface area contributed by atoms with Gasteiger partial charge in [0.2, 0.25) is 0 Å². The van der Waals surface area contributed by atoms with Crippen molar-refractivity contribution in [1.29, 1.82) is 0 Å². The van der Waals surface area contributed by atoms with Gasteiger partial charge in [-0.25, -0.2) is 14.5 Å². The van der Waals surface area contributed by atoms with Crippen LogP contribution in [0.1, 0.15) is 20.8 Å². The van der Waals surface area contributed by atoms with E-state index < -0.39 is 17.7 Å². The number of halogens is 2. The number of nitrogens with one attached hydrogen (secondary N) is 1. The Labute approximate surface area is 151 Å². The predicted octanol–water partition coefficient (Wildman–Crippen LogP) is 3.24. The molecule has 1 aromatic carbocycles. The smallest absolute Gasteiger partial charge is 0.418 e. The molecule has 7 nitrogen and oxygen atoms in total. The summed E-state index contributed by atoms with van der Waals surface area (Å²) in [5.74, 6) is 0.351. The second-order valence-corrected chi connectivity index (χ2v) is 6.61. The fraction of sp³-hybridized carbons (Fsp3) is 0.467. The SMILES string of the molecule is CC(C)(C)OC(=O)N(CCN)C(=O)NCOc1ccc(Cl)cc1Cl. The number of hydrogen-bond acceptors (Lipinski definition) is 5. The number of benzene rings is 1. The molecule has 0 bridgehead atoms. The standard InChI is InChI=1S/C15H21Cl2N3O4/c1-15(2,3)24-14(22)20(7-6-18)13(21)19-9-23-12-5-4-10(16)8-11(12)17/h4-5,8H,6-7,9,18H2,1-3H3,(H,19,21). The molecule has 0 atom stereocenters. The van der Waals surface area contributed by atoms with E-state index in [0.29, 0.717) is 15.8 Å². The predicted molar refractivity (Wildman–Crippen MR) is 92.5 cm³/mol. The number of carbonyl (C=O) groups excluding carboxylic acids is 2. The van der Waals surface area contributed by atoms with Gasteiger partial charge in [-0.15, -0.1) is 0 Å². The van der Waals surface area contributed by atoms with Gasteiger partial charge in [0.1, 0.15) is 11.4 Å². The van der Waals surface area contributed by atoms with Crippen molar-refractivity contribution in [3.05, 3.63) is 28.2 Å². The van der Waals surface area contributed by atoms with Crippen LogP contribution in [0, 0.1) is 0 Å². The molecular weight excluding hydrogens is 357 g/mol. The van der Waals surface area contributed by atoms with Crippen molar-refractivity contribution in [2.45, 2.75) is 26.4 Å². The first kappa shape index (κ1) is 20.3. The van der Waals surface area contributed by atoms with E-state index in [-0.39, 0.29) is 19.8 Å². The molecule has 0 fully saturated rings. The number of nitrogens with two attached hydrogens (primary N) is 1. The third-order valence-corrected chi connectivity index (χ3v) is 3.09. The summed E-state index contributed by atoms with van der Waals surface area (Å²) in [6.07, 6.45) is -0.782. The summed E-state index contributed by atoms with van der Waals surface area (Å²) < 4.78 is 10.5. The number of imide groups is 1. The first-order valence-electron chi connectivity index (χ1n) is 7.20. The van der Waals surface area contributed by atoms with Crippen molar-refractivity contribution < 1.29 is 19.1 Å². The molecule has 0 aliphatic heterocycles. The molecule has 1 rings (SSSR count). The van der Waals surface area contributed by atoms with Gasteiger partial charge in [-0.3, -0.25) is 0 Å². The topological polar surface area (TPSA) is 93.9 Å². The van der Waals surface area contributed by atoms with Gasteiger partial charge in [-0.1, -0.05) is 23.2 Å². The van der Waals surface area contributed by atoms with Crippen molar-refractivity contribution in [2.75, 3.05) is 19.8 Å². The van der Waals surface area contributed by atoms with Crippen LogP contribution in [0.5, 0.6) is 5.75 Å². The Kier molecular flexibility index (Phi) is 7.59. The summed E-state index contributed by atoms with van der Waals surface area (Å²) in [7, 11) is 0. The quantitative estimate of drug-likeness (QED) is 0.768. The van der Waals surface area contributed by atoms with Gasteiger partial charge < -0.3 is 20.5 Å². The third kappa shape index (κ3) is 6.82. The highest BCUT2D eigenvalue weighted by molar-refractivity contribution is 6.35. The van der Waals surface area contributed by atoms with Gasteiger partial charge >= 0.3 is 12.1 Å². The highest BCUT2D eigenvalue weighted by Gasteiger charge is 2.26. The zero-order chi connectivity index (χ0) is 18.3. The maximum absolute atomic E-state index is 12.1. The van der Waals surface area contributed by atoms with Crippen molar-refractivity contribution in [1.82, 2.24) is 10.2 Å². The van der Waals surface area contributed by atoms with Crippen LogP contribution in [0.3, 0.4) is 0 Å². The number of ether oxygens (including phenoxy) is 2. The molecule has 0 heterocycles. The van der Waals surface area contributed by atoms with E-state index in [9.17, 15) is 9.59 Å². The molecule has 0 spiro atoms. The van der Waals surface area contributed by atoms with Gasteiger partial charge in [-0.05, 0) is 39.0 Å². The van der Waals surface area contributed by atoms with Crippen molar-refractivity contribution in [3.63, 3.8) is 0 Å². The summed E-state index contributed by atoms with van der Waals surface area (Å²) in [5.41, 5.74) is 4.71. The summed E-state index contributed by atoms with van der Waals surface area (Å²) in [6.45, 7) is 5.04. The number of amides is 3. The number of carbonyl (C=O) groups is 2. The molecule has 0 saturated heterocycles. The van der Waals surface area contributed by atoms with Crippen LogP contribution in [-0.4, -0.2) is 42.4 Å². The van der Waals surface area contributed by atoms with E-state index in [1.165, 1.54) is 6.07 Å². The first-order valence-corrected chi connectivity index (χ1v) is 7.96. The highest BCUT2D eigenvalue weighted by atomic mass is 35.5. The number of hydrogen-bond donors (Lipinski definition) is 2. The largest absolute Gasteiger partial charge is 0.472 e. The molecule has 0 unspecified atom stereocenters. The summed E-state index contributed by atoms with van der Waals surface area (Å²) >= 11 is 11.7. The van der Waals surface area contributed by atoms with E-state index in [1.807, 2.05) is 0 Å². The first-order chi connectivity index (χ1) is 11.1. The summed E-state index contributed by atoms with van der Waals surface area (Å²) in [5, 5.41) is 3.22. The minimum Gasteiger partial charge on any atom is -0.472 e. The second-order valence-electron chi connectivity index (χ2n) is 5.77. The Hall–Kier alpha value is -1.70. The molecule has 3 amide bonds. The zero-order valence-electron chi connectivity index (χ0n) is 13.8. The molecule has 3 N–H and O–H groups in total. The van der Waals surface area contributed by atoms with E-state index >= 15 is 0 Å². The normalized spacial score (nSPS) is 10.9. The molecule has 0 saturated carbocycles. The molecule has 24 heavy (non-hydrogen) atoms. The Balaban J connectivity index is 2.60. The average Bonchev–Trinajstić information content (AvgIpc) is 2.44. The second kappa shape index (κ2) is 8.96. The fourth-order valence-corrected chi connectivity index (χ4v) is 2.05. The Morgan fingerprint density at radius 2 is 1.96 bits per heavy atom. The van der Waals surface area contributed by atoms with Crippen LogP contribution in [0.15, 0.2) is 18.2 Å². The maximum atomic E-state index is 12.1.